The number of nitrogens with two attached hydrogens (primary N) is 2. The van der Waals surface area contributed by atoms with Crippen LogP contribution in [0.3, 0.4) is 0 Å². The van der Waals surface area contributed by atoms with Gasteiger partial charge in [0, 0.05) is 11.7 Å². The highest BCUT2D eigenvalue weighted by atomic mass is 35.5. The minimum atomic E-state index is -0.554. The van der Waals surface area contributed by atoms with Gasteiger partial charge in [0.05, 0.1) is 22.2 Å². The maximum atomic E-state index is 12.7. The van der Waals surface area contributed by atoms with E-state index in [2.05, 4.69) is 0 Å². The third-order valence-electron chi connectivity index (χ3n) is 3.63. The molecule has 0 unspecified atom stereocenters. The lowest BCUT2D eigenvalue weighted by atomic mass is 10.1. The third-order valence-corrected chi connectivity index (χ3v) is 4.44. The number of benzene rings is 1. The summed E-state index contributed by atoms with van der Waals surface area (Å²) in [7, 11) is 0. The summed E-state index contributed by atoms with van der Waals surface area (Å²) in [5.74, 6) is -0.915. The zero-order chi connectivity index (χ0) is 15.6. The van der Waals surface area contributed by atoms with Crippen LogP contribution in [0, 0.1) is 0 Å². The van der Waals surface area contributed by atoms with Gasteiger partial charge in [0.2, 0.25) is 5.91 Å². The molecule has 0 aliphatic heterocycles. The second-order valence-corrected chi connectivity index (χ2v) is 5.99. The molecule has 0 atom stereocenters. The molecule has 2 rings (SSSR count). The fraction of sp³-hybridized carbons (Fsp3) is 0.429. The number of carbonyl (C=O) groups excluding carboxylic acids is 2. The van der Waals surface area contributed by atoms with Gasteiger partial charge < -0.3 is 16.4 Å². The van der Waals surface area contributed by atoms with Crippen LogP contribution in [0.25, 0.3) is 0 Å². The molecule has 5 nitrogen and oxygen atoms in total. The minimum absolute atomic E-state index is 0.00118. The molecule has 4 N–H and O–H groups in total. The van der Waals surface area contributed by atoms with Crippen LogP contribution >= 0.6 is 23.2 Å². The van der Waals surface area contributed by atoms with Gasteiger partial charge in [-0.1, -0.05) is 36.0 Å². The number of amides is 2. The highest BCUT2D eigenvalue weighted by Crippen LogP contribution is 2.31. The molecule has 21 heavy (non-hydrogen) atoms. The summed E-state index contributed by atoms with van der Waals surface area (Å²) in [4.78, 5) is 25.5. The van der Waals surface area contributed by atoms with E-state index in [9.17, 15) is 9.59 Å². The summed E-state index contributed by atoms with van der Waals surface area (Å²) in [5, 5.41) is 0.355. The van der Waals surface area contributed by atoms with Crippen LogP contribution < -0.4 is 11.5 Å². The van der Waals surface area contributed by atoms with Gasteiger partial charge >= 0.3 is 0 Å². The van der Waals surface area contributed by atoms with Crippen LogP contribution in [0.4, 0.5) is 5.69 Å². The molecule has 114 valence electrons. The Morgan fingerprint density at radius 1 is 1.24 bits per heavy atom. The van der Waals surface area contributed by atoms with Crippen molar-refractivity contribution < 1.29 is 9.59 Å². The molecule has 0 spiro atoms. The third kappa shape index (κ3) is 3.60. The monoisotopic (exact) mass is 329 g/mol. The molecule has 1 saturated carbocycles. The Kier molecular flexibility index (Phi) is 4.96. The van der Waals surface area contributed by atoms with Crippen LogP contribution in [0.2, 0.25) is 10.0 Å². The number of hydrogen-bond donors (Lipinski definition) is 2. The zero-order valence-electron chi connectivity index (χ0n) is 11.4. The van der Waals surface area contributed by atoms with Crippen LogP contribution in [0.1, 0.15) is 36.0 Å². The summed E-state index contributed by atoms with van der Waals surface area (Å²) < 4.78 is 0. The van der Waals surface area contributed by atoms with Crippen molar-refractivity contribution in [1.29, 1.82) is 0 Å². The van der Waals surface area contributed by atoms with Gasteiger partial charge in [-0.15, -0.1) is 0 Å². The maximum absolute atomic E-state index is 12.7. The highest BCUT2D eigenvalue weighted by Gasteiger charge is 2.30. The van der Waals surface area contributed by atoms with E-state index in [0.29, 0.717) is 5.69 Å². The van der Waals surface area contributed by atoms with Crippen molar-refractivity contribution in [3.63, 3.8) is 0 Å². The van der Waals surface area contributed by atoms with Crippen molar-refractivity contribution in [2.45, 2.75) is 31.7 Å². The molecule has 0 radical (unpaired) electrons. The molecule has 1 fully saturated rings. The van der Waals surface area contributed by atoms with Crippen LogP contribution in [0.15, 0.2) is 12.1 Å². The molecule has 2 amide bonds. The maximum Gasteiger partial charge on any atom is 0.256 e. The van der Waals surface area contributed by atoms with Gasteiger partial charge in [-0.05, 0) is 25.0 Å². The summed E-state index contributed by atoms with van der Waals surface area (Å²) in [6.07, 6.45) is 3.76. The van der Waals surface area contributed by atoms with E-state index >= 15 is 0 Å². The topological polar surface area (TPSA) is 89.4 Å². The Bertz CT molecular complexity index is 572. The van der Waals surface area contributed by atoms with E-state index in [-0.39, 0.29) is 34.1 Å². The Hall–Kier alpha value is -1.46. The predicted molar refractivity (Wildman–Crippen MR) is 83.4 cm³/mol. The molecule has 0 saturated heterocycles. The van der Waals surface area contributed by atoms with E-state index in [1.807, 2.05) is 0 Å². The normalized spacial score (nSPS) is 15.1. The predicted octanol–water partition coefficient (Wildman–Crippen LogP) is 2.45. The van der Waals surface area contributed by atoms with Crippen molar-refractivity contribution in [2.24, 2.45) is 5.73 Å². The number of anilines is 1. The minimum Gasteiger partial charge on any atom is -0.399 e. The fourth-order valence-corrected chi connectivity index (χ4v) is 3.09. The molecule has 1 aliphatic carbocycles. The first-order valence-electron chi connectivity index (χ1n) is 6.74. The zero-order valence-corrected chi connectivity index (χ0v) is 13.0. The van der Waals surface area contributed by atoms with Gasteiger partial charge in [0.1, 0.15) is 0 Å². The number of rotatable bonds is 4. The summed E-state index contributed by atoms with van der Waals surface area (Å²) in [5.41, 5.74) is 11.5. The van der Waals surface area contributed by atoms with Crippen molar-refractivity contribution in [2.75, 3.05) is 12.3 Å². The highest BCUT2D eigenvalue weighted by molar-refractivity contribution is 6.44. The van der Waals surface area contributed by atoms with E-state index in [1.54, 1.807) is 0 Å². The van der Waals surface area contributed by atoms with Gasteiger partial charge in [-0.25, -0.2) is 0 Å². The average molecular weight is 330 g/mol. The quantitative estimate of drug-likeness (QED) is 0.831. The van der Waals surface area contributed by atoms with Gasteiger partial charge in [0.25, 0.3) is 5.91 Å². The second kappa shape index (κ2) is 6.54. The number of nitrogen functional groups attached to an aromatic ring is 1. The molecule has 0 heterocycles. The summed E-state index contributed by atoms with van der Waals surface area (Å²) in [6, 6.07) is 2.95. The van der Waals surface area contributed by atoms with E-state index in [4.69, 9.17) is 34.7 Å². The molecule has 0 bridgehead atoms. The lowest BCUT2D eigenvalue weighted by Gasteiger charge is -2.28. The standard InChI is InChI=1S/C14H17Cl2N3O2/c15-11-6-8(17)5-10(13(11)16)14(21)19(7-12(18)20)9-3-1-2-4-9/h5-6,9H,1-4,7,17H2,(H2,18,20). The van der Waals surface area contributed by atoms with Crippen molar-refractivity contribution in [1.82, 2.24) is 4.90 Å². The lowest BCUT2D eigenvalue weighted by Crippen LogP contribution is -2.44. The van der Waals surface area contributed by atoms with Crippen LogP contribution in [-0.4, -0.2) is 29.3 Å². The summed E-state index contributed by atoms with van der Waals surface area (Å²) >= 11 is 12.1. The lowest BCUT2D eigenvalue weighted by molar-refractivity contribution is -0.119. The molecule has 7 heteroatoms. The summed E-state index contributed by atoms with van der Waals surface area (Å²) in [6.45, 7) is -0.133. The Labute approximate surface area is 133 Å². The first kappa shape index (κ1) is 15.9. The van der Waals surface area contributed by atoms with Crippen molar-refractivity contribution in [3.05, 3.63) is 27.7 Å². The SMILES string of the molecule is NC(=O)CN(C(=O)c1cc(N)cc(Cl)c1Cl)C1CCCC1. The van der Waals surface area contributed by atoms with Gasteiger partial charge in [-0.2, -0.15) is 0 Å². The first-order chi connectivity index (χ1) is 9.90. The van der Waals surface area contributed by atoms with Crippen LogP contribution in [0.5, 0.6) is 0 Å². The Morgan fingerprint density at radius 3 is 2.43 bits per heavy atom. The van der Waals surface area contributed by atoms with Crippen molar-refractivity contribution in [3.8, 4) is 0 Å². The molecular weight excluding hydrogens is 313 g/mol. The van der Waals surface area contributed by atoms with E-state index in [1.165, 1.54) is 17.0 Å². The molecular formula is C14H17Cl2N3O2. The molecule has 1 aromatic carbocycles. The second-order valence-electron chi connectivity index (χ2n) is 5.20. The number of hydrogen-bond acceptors (Lipinski definition) is 3. The van der Waals surface area contributed by atoms with E-state index in [0.717, 1.165) is 25.7 Å². The Balaban J connectivity index is 2.35. The smallest absolute Gasteiger partial charge is 0.256 e. The number of halogens is 2. The molecule has 0 aromatic heterocycles. The van der Waals surface area contributed by atoms with E-state index < -0.39 is 5.91 Å². The van der Waals surface area contributed by atoms with Crippen molar-refractivity contribution >= 4 is 40.7 Å². The van der Waals surface area contributed by atoms with Gasteiger partial charge in [0.15, 0.2) is 0 Å². The number of primary amides is 1. The molecule has 1 aromatic rings. The molecule has 1 aliphatic rings. The fourth-order valence-electron chi connectivity index (χ4n) is 2.67. The number of carbonyl (C=O) groups is 2. The largest absolute Gasteiger partial charge is 0.399 e. The average Bonchev–Trinajstić information content (AvgIpc) is 2.93. The Morgan fingerprint density at radius 2 is 1.86 bits per heavy atom. The van der Waals surface area contributed by atoms with Crippen LogP contribution in [-0.2, 0) is 4.79 Å². The van der Waals surface area contributed by atoms with Gasteiger partial charge in [-0.3, -0.25) is 9.59 Å². The number of nitrogens with zero attached hydrogens (tertiary/aromatic N) is 1. The first-order valence-corrected chi connectivity index (χ1v) is 7.49.